The van der Waals surface area contributed by atoms with Gasteiger partial charge in [0.05, 0.1) is 17.4 Å². The van der Waals surface area contributed by atoms with E-state index in [1.54, 1.807) is 6.92 Å². The zero-order chi connectivity index (χ0) is 13.1. The van der Waals surface area contributed by atoms with Crippen molar-refractivity contribution in [2.45, 2.75) is 6.92 Å². The average Bonchev–Trinajstić information content (AvgIpc) is 2.14. The minimum absolute atomic E-state index is 0.0249. The van der Waals surface area contributed by atoms with Crippen LogP contribution in [0.3, 0.4) is 0 Å². The first-order chi connectivity index (χ1) is 7.79. The van der Waals surface area contributed by atoms with Crippen LogP contribution in [0.2, 0.25) is 5.02 Å². The molecule has 4 nitrogen and oxygen atoms in total. The summed E-state index contributed by atoms with van der Waals surface area (Å²) in [6.07, 6.45) is 0. The summed E-state index contributed by atoms with van der Waals surface area (Å²) in [7, 11) is -3.55. The molecule has 1 aromatic rings. The molecule has 0 aromatic heterocycles. The zero-order valence-corrected chi connectivity index (χ0v) is 10.8. The van der Waals surface area contributed by atoms with Gasteiger partial charge in [-0.2, -0.15) is 0 Å². The fourth-order valence-electron chi connectivity index (χ4n) is 1.29. The Hall–Kier alpha value is -0.850. The number of hydrogen-bond acceptors (Lipinski definition) is 3. The van der Waals surface area contributed by atoms with Crippen LogP contribution >= 0.6 is 11.6 Å². The van der Waals surface area contributed by atoms with E-state index in [0.29, 0.717) is 0 Å². The van der Waals surface area contributed by atoms with Crippen molar-refractivity contribution in [2.24, 2.45) is 11.1 Å². The number of sulfonamides is 1. The van der Waals surface area contributed by atoms with Crippen molar-refractivity contribution in [1.82, 2.24) is 0 Å². The largest absolute Gasteiger partial charge is 0.489 e. The number of ether oxygens (including phenoxy) is 1. The van der Waals surface area contributed by atoms with Gasteiger partial charge in [-0.05, 0) is 12.1 Å². The van der Waals surface area contributed by atoms with Crippen LogP contribution in [-0.2, 0) is 10.0 Å². The second-order valence-electron chi connectivity index (χ2n) is 3.80. The third kappa shape index (κ3) is 4.89. The van der Waals surface area contributed by atoms with Gasteiger partial charge >= 0.3 is 0 Å². The molecule has 0 bridgehead atoms. The molecule has 0 aliphatic heterocycles. The van der Waals surface area contributed by atoms with Gasteiger partial charge in [-0.25, -0.2) is 17.9 Å². The van der Waals surface area contributed by atoms with E-state index in [-0.39, 0.29) is 29.0 Å². The number of nitrogens with two attached hydrogens (primary N) is 1. The lowest BCUT2D eigenvalue weighted by molar-refractivity contribution is 0.260. The van der Waals surface area contributed by atoms with Crippen LogP contribution in [0.15, 0.2) is 18.2 Å². The van der Waals surface area contributed by atoms with Crippen molar-refractivity contribution in [3.05, 3.63) is 29.0 Å². The predicted octanol–water partition coefficient (Wildman–Crippen LogP) is 1.78. The summed E-state index contributed by atoms with van der Waals surface area (Å²) in [5.41, 5.74) is 0. The van der Waals surface area contributed by atoms with Crippen LogP contribution in [0.1, 0.15) is 6.92 Å². The van der Waals surface area contributed by atoms with E-state index in [2.05, 4.69) is 0 Å². The summed E-state index contributed by atoms with van der Waals surface area (Å²) in [5, 5.41) is 5.03. The SMILES string of the molecule is CC(COc1c(F)cccc1Cl)CS(N)(=O)=O. The van der Waals surface area contributed by atoms with Crippen molar-refractivity contribution >= 4 is 21.6 Å². The molecule has 0 saturated carbocycles. The van der Waals surface area contributed by atoms with Gasteiger partial charge in [0.2, 0.25) is 10.0 Å². The maximum Gasteiger partial charge on any atom is 0.209 e. The van der Waals surface area contributed by atoms with Crippen LogP contribution in [-0.4, -0.2) is 20.8 Å². The van der Waals surface area contributed by atoms with Crippen molar-refractivity contribution in [3.63, 3.8) is 0 Å². The van der Waals surface area contributed by atoms with E-state index in [1.165, 1.54) is 18.2 Å². The molecule has 0 saturated heterocycles. The first-order valence-electron chi connectivity index (χ1n) is 4.87. The Balaban J connectivity index is 2.62. The Morgan fingerprint density at radius 1 is 1.53 bits per heavy atom. The second-order valence-corrected chi connectivity index (χ2v) is 5.86. The first kappa shape index (κ1) is 14.2. The highest BCUT2D eigenvalue weighted by Gasteiger charge is 2.14. The number of primary sulfonamides is 1. The molecule has 0 aliphatic rings. The molecule has 1 rings (SSSR count). The van der Waals surface area contributed by atoms with Gasteiger partial charge in [0.15, 0.2) is 11.6 Å². The fourth-order valence-corrected chi connectivity index (χ4v) is 2.40. The minimum atomic E-state index is -3.55. The highest BCUT2D eigenvalue weighted by molar-refractivity contribution is 7.89. The Morgan fingerprint density at radius 3 is 2.71 bits per heavy atom. The van der Waals surface area contributed by atoms with Crippen molar-refractivity contribution < 1.29 is 17.5 Å². The van der Waals surface area contributed by atoms with E-state index in [9.17, 15) is 12.8 Å². The molecule has 1 aromatic carbocycles. The third-order valence-corrected chi connectivity index (χ3v) is 3.28. The van der Waals surface area contributed by atoms with Crippen LogP contribution in [0.5, 0.6) is 5.75 Å². The summed E-state index contributed by atoms with van der Waals surface area (Å²) in [5.74, 6) is -1.23. The molecule has 0 amide bonds. The monoisotopic (exact) mass is 281 g/mol. The van der Waals surface area contributed by atoms with Crippen LogP contribution < -0.4 is 9.88 Å². The molecule has 0 radical (unpaired) electrons. The molecule has 0 spiro atoms. The van der Waals surface area contributed by atoms with E-state index in [4.69, 9.17) is 21.5 Å². The molecule has 0 heterocycles. The molecular weight excluding hydrogens is 269 g/mol. The first-order valence-corrected chi connectivity index (χ1v) is 6.96. The molecule has 1 unspecified atom stereocenters. The molecule has 17 heavy (non-hydrogen) atoms. The van der Waals surface area contributed by atoms with Gasteiger partial charge in [0, 0.05) is 5.92 Å². The highest BCUT2D eigenvalue weighted by atomic mass is 35.5. The molecule has 7 heteroatoms. The summed E-state index contributed by atoms with van der Waals surface area (Å²) in [6, 6.07) is 4.16. The molecule has 2 N–H and O–H groups in total. The summed E-state index contributed by atoms with van der Waals surface area (Å²) >= 11 is 5.74. The maximum absolute atomic E-state index is 13.3. The summed E-state index contributed by atoms with van der Waals surface area (Å²) in [6.45, 7) is 1.66. The van der Waals surface area contributed by atoms with Crippen LogP contribution in [0, 0.1) is 11.7 Å². The zero-order valence-electron chi connectivity index (χ0n) is 9.19. The third-order valence-electron chi connectivity index (χ3n) is 1.95. The van der Waals surface area contributed by atoms with Gasteiger partial charge in [0.1, 0.15) is 0 Å². The Labute approximate surface area is 105 Å². The smallest absolute Gasteiger partial charge is 0.209 e. The lowest BCUT2D eigenvalue weighted by Crippen LogP contribution is -2.25. The normalized spacial score (nSPS) is 13.4. The predicted molar refractivity (Wildman–Crippen MR) is 64.0 cm³/mol. The van der Waals surface area contributed by atoms with Gasteiger partial charge in [-0.15, -0.1) is 0 Å². The maximum atomic E-state index is 13.3. The number of para-hydroxylation sites is 1. The number of halogens is 2. The highest BCUT2D eigenvalue weighted by Crippen LogP contribution is 2.27. The minimum Gasteiger partial charge on any atom is -0.489 e. The molecule has 1 atom stereocenters. The standard InChI is InChI=1S/C10H13ClFNO3S/c1-7(6-17(13,14)15)5-16-10-8(11)3-2-4-9(10)12/h2-4,7H,5-6H2,1H3,(H2,13,14,15). The van der Waals surface area contributed by atoms with Crippen molar-refractivity contribution in [3.8, 4) is 5.75 Å². The van der Waals surface area contributed by atoms with E-state index in [1.807, 2.05) is 0 Å². The molecular formula is C10H13ClFNO3S. The molecule has 0 fully saturated rings. The lowest BCUT2D eigenvalue weighted by atomic mass is 10.2. The molecule has 0 aliphatic carbocycles. The van der Waals surface area contributed by atoms with Gasteiger partial charge in [-0.1, -0.05) is 24.6 Å². The summed E-state index contributed by atoms with van der Waals surface area (Å²) in [4.78, 5) is 0. The quantitative estimate of drug-likeness (QED) is 0.894. The second kappa shape index (κ2) is 5.66. The van der Waals surface area contributed by atoms with Gasteiger partial charge in [-0.3, -0.25) is 0 Å². The van der Waals surface area contributed by atoms with Gasteiger partial charge < -0.3 is 4.74 Å². The average molecular weight is 282 g/mol. The van der Waals surface area contributed by atoms with Gasteiger partial charge in [0.25, 0.3) is 0 Å². The fraction of sp³-hybridized carbons (Fsp3) is 0.400. The van der Waals surface area contributed by atoms with Crippen molar-refractivity contribution in [1.29, 1.82) is 0 Å². The summed E-state index contributed by atoms with van der Waals surface area (Å²) < 4.78 is 40.1. The van der Waals surface area contributed by atoms with Crippen LogP contribution in [0.4, 0.5) is 4.39 Å². The van der Waals surface area contributed by atoms with E-state index >= 15 is 0 Å². The van der Waals surface area contributed by atoms with Crippen molar-refractivity contribution in [2.75, 3.05) is 12.4 Å². The lowest BCUT2D eigenvalue weighted by Gasteiger charge is -2.13. The number of benzene rings is 1. The Kier molecular flexibility index (Phi) is 4.73. The number of rotatable bonds is 5. The topological polar surface area (TPSA) is 69.4 Å². The van der Waals surface area contributed by atoms with Crippen LogP contribution in [0.25, 0.3) is 0 Å². The van der Waals surface area contributed by atoms with E-state index in [0.717, 1.165) is 0 Å². The molecule has 96 valence electrons. The Morgan fingerprint density at radius 2 is 2.18 bits per heavy atom. The number of hydrogen-bond donors (Lipinski definition) is 1. The van der Waals surface area contributed by atoms with E-state index < -0.39 is 15.8 Å². The Bertz CT molecular complexity index is 472.